The third-order valence-electron chi connectivity index (χ3n) is 3.41. The molecule has 1 aliphatic rings. The summed E-state index contributed by atoms with van der Waals surface area (Å²) in [6, 6.07) is 7.24. The van der Waals surface area contributed by atoms with Crippen LogP contribution in [0.25, 0.3) is 0 Å². The molecule has 0 aromatic heterocycles. The van der Waals surface area contributed by atoms with Crippen molar-refractivity contribution in [3.8, 4) is 0 Å². The topological polar surface area (TPSA) is 78.9 Å². The number of carboxylic acid groups (broad SMARTS) is 1. The zero-order valence-corrected chi connectivity index (χ0v) is 11.3. The van der Waals surface area contributed by atoms with Crippen LogP contribution in [0.4, 0.5) is 4.79 Å². The summed E-state index contributed by atoms with van der Waals surface area (Å²) >= 11 is 0. The van der Waals surface area contributed by atoms with Gasteiger partial charge in [-0.05, 0) is 12.0 Å². The number of hydrogen-bond donors (Lipinski definition) is 2. The average molecular weight is 278 g/mol. The standard InChI is InChI=1S/C14H18N2O4/c1-20-11-7-8-16(9-11)14(19)15-12(13(17)18)10-5-3-2-4-6-10/h2-6,11-12H,7-9H2,1H3,(H,15,19)(H,17,18)/t11?,12-/m1/s1. The number of methoxy groups -OCH3 is 1. The lowest BCUT2D eigenvalue weighted by Crippen LogP contribution is -2.43. The summed E-state index contributed by atoms with van der Waals surface area (Å²) in [5.74, 6) is -1.08. The summed E-state index contributed by atoms with van der Waals surface area (Å²) in [5.41, 5.74) is 0.552. The van der Waals surface area contributed by atoms with Crippen LogP contribution in [-0.4, -0.2) is 48.3 Å². The van der Waals surface area contributed by atoms with Gasteiger partial charge in [0.15, 0.2) is 6.04 Å². The second-order valence-electron chi connectivity index (χ2n) is 4.72. The molecular weight excluding hydrogens is 260 g/mol. The Morgan fingerprint density at radius 1 is 1.40 bits per heavy atom. The van der Waals surface area contributed by atoms with E-state index in [9.17, 15) is 14.7 Å². The first-order valence-electron chi connectivity index (χ1n) is 6.48. The molecule has 0 aliphatic carbocycles. The van der Waals surface area contributed by atoms with Crippen molar-refractivity contribution in [3.05, 3.63) is 35.9 Å². The van der Waals surface area contributed by atoms with Gasteiger partial charge in [-0.15, -0.1) is 0 Å². The molecule has 108 valence electrons. The molecule has 2 amide bonds. The Kier molecular flexibility index (Phi) is 4.57. The number of likely N-dealkylation sites (tertiary alicyclic amines) is 1. The molecule has 6 nitrogen and oxygen atoms in total. The highest BCUT2D eigenvalue weighted by molar-refractivity contribution is 5.83. The van der Waals surface area contributed by atoms with Gasteiger partial charge < -0.3 is 20.1 Å². The summed E-state index contributed by atoms with van der Waals surface area (Å²) < 4.78 is 5.19. The highest BCUT2D eigenvalue weighted by Gasteiger charge is 2.29. The zero-order valence-electron chi connectivity index (χ0n) is 11.3. The minimum Gasteiger partial charge on any atom is -0.479 e. The van der Waals surface area contributed by atoms with E-state index in [-0.39, 0.29) is 12.1 Å². The van der Waals surface area contributed by atoms with E-state index in [1.165, 1.54) is 0 Å². The number of carbonyl (C=O) groups excluding carboxylic acids is 1. The summed E-state index contributed by atoms with van der Waals surface area (Å²) in [5, 5.41) is 11.8. The van der Waals surface area contributed by atoms with Crippen molar-refractivity contribution in [2.24, 2.45) is 0 Å². The Hall–Kier alpha value is -2.08. The number of benzene rings is 1. The van der Waals surface area contributed by atoms with Crippen LogP contribution in [0.1, 0.15) is 18.0 Å². The monoisotopic (exact) mass is 278 g/mol. The number of ether oxygens (including phenoxy) is 1. The van der Waals surface area contributed by atoms with Gasteiger partial charge in [0.1, 0.15) is 0 Å². The number of hydrogen-bond acceptors (Lipinski definition) is 3. The van der Waals surface area contributed by atoms with Crippen molar-refractivity contribution >= 4 is 12.0 Å². The quantitative estimate of drug-likeness (QED) is 0.868. The number of nitrogens with one attached hydrogen (secondary N) is 1. The van der Waals surface area contributed by atoms with Crippen molar-refractivity contribution in [3.63, 3.8) is 0 Å². The first kappa shape index (κ1) is 14.3. The van der Waals surface area contributed by atoms with Crippen LogP contribution in [0, 0.1) is 0 Å². The summed E-state index contributed by atoms with van der Waals surface area (Å²) in [4.78, 5) is 25.0. The predicted molar refractivity (Wildman–Crippen MR) is 72.3 cm³/mol. The minimum absolute atomic E-state index is 0.0285. The fourth-order valence-electron chi connectivity index (χ4n) is 2.25. The molecule has 1 saturated heterocycles. The largest absolute Gasteiger partial charge is 0.479 e. The van der Waals surface area contributed by atoms with Gasteiger partial charge in [0.05, 0.1) is 6.10 Å². The number of amides is 2. The third kappa shape index (κ3) is 3.27. The second kappa shape index (κ2) is 6.38. The molecular formula is C14H18N2O4. The van der Waals surface area contributed by atoms with Gasteiger partial charge in [0.2, 0.25) is 0 Å². The minimum atomic E-state index is -1.08. The van der Waals surface area contributed by atoms with E-state index in [2.05, 4.69) is 5.32 Å². The van der Waals surface area contributed by atoms with E-state index in [0.717, 1.165) is 6.42 Å². The predicted octanol–water partition coefficient (Wildman–Crippen LogP) is 1.24. The molecule has 2 atom stereocenters. The van der Waals surface area contributed by atoms with Crippen molar-refractivity contribution in [2.75, 3.05) is 20.2 Å². The molecule has 1 aromatic carbocycles. The normalized spacial score (nSPS) is 19.6. The van der Waals surface area contributed by atoms with E-state index >= 15 is 0 Å². The van der Waals surface area contributed by atoms with Gasteiger partial charge in [0.25, 0.3) is 0 Å². The first-order valence-corrected chi connectivity index (χ1v) is 6.48. The average Bonchev–Trinajstić information content (AvgIpc) is 2.94. The van der Waals surface area contributed by atoms with Crippen molar-refractivity contribution in [2.45, 2.75) is 18.6 Å². The molecule has 0 spiro atoms. The van der Waals surface area contributed by atoms with Gasteiger partial charge in [-0.3, -0.25) is 0 Å². The molecule has 1 unspecified atom stereocenters. The van der Waals surface area contributed by atoms with Crippen molar-refractivity contribution < 1.29 is 19.4 Å². The van der Waals surface area contributed by atoms with Gasteiger partial charge in [-0.25, -0.2) is 9.59 Å². The third-order valence-corrected chi connectivity index (χ3v) is 3.41. The van der Waals surface area contributed by atoms with E-state index in [1.54, 1.807) is 42.3 Å². The highest BCUT2D eigenvalue weighted by atomic mass is 16.5. The summed E-state index contributed by atoms with van der Waals surface area (Å²) in [6.07, 6.45) is 0.799. The Labute approximate surface area is 117 Å². The fraction of sp³-hybridized carbons (Fsp3) is 0.429. The molecule has 1 aromatic rings. The number of nitrogens with zero attached hydrogens (tertiary/aromatic N) is 1. The first-order chi connectivity index (χ1) is 9.61. The molecule has 0 radical (unpaired) electrons. The molecule has 2 N–H and O–H groups in total. The smallest absolute Gasteiger partial charge is 0.330 e. The van der Waals surface area contributed by atoms with Crippen LogP contribution in [-0.2, 0) is 9.53 Å². The van der Waals surface area contributed by atoms with E-state index in [4.69, 9.17) is 4.74 Å². The van der Waals surface area contributed by atoms with Gasteiger partial charge in [-0.2, -0.15) is 0 Å². The van der Waals surface area contributed by atoms with Crippen molar-refractivity contribution in [1.29, 1.82) is 0 Å². The zero-order chi connectivity index (χ0) is 14.5. The van der Waals surface area contributed by atoms with Crippen LogP contribution in [0.15, 0.2) is 30.3 Å². The van der Waals surface area contributed by atoms with E-state index in [0.29, 0.717) is 18.7 Å². The molecule has 20 heavy (non-hydrogen) atoms. The van der Waals surface area contributed by atoms with Crippen LogP contribution in [0.2, 0.25) is 0 Å². The summed E-state index contributed by atoms with van der Waals surface area (Å²) in [7, 11) is 1.61. The highest BCUT2D eigenvalue weighted by Crippen LogP contribution is 2.16. The number of aliphatic carboxylic acids is 1. The lowest BCUT2D eigenvalue weighted by Gasteiger charge is -2.21. The molecule has 0 saturated carbocycles. The van der Waals surface area contributed by atoms with E-state index in [1.807, 2.05) is 0 Å². The van der Waals surface area contributed by atoms with Crippen LogP contribution >= 0.6 is 0 Å². The van der Waals surface area contributed by atoms with Crippen LogP contribution < -0.4 is 5.32 Å². The van der Waals surface area contributed by atoms with Gasteiger partial charge >= 0.3 is 12.0 Å². The van der Waals surface area contributed by atoms with Gasteiger partial charge in [-0.1, -0.05) is 30.3 Å². The molecule has 1 fully saturated rings. The fourth-order valence-corrected chi connectivity index (χ4v) is 2.25. The second-order valence-corrected chi connectivity index (χ2v) is 4.72. The molecule has 1 heterocycles. The maximum Gasteiger partial charge on any atom is 0.330 e. The lowest BCUT2D eigenvalue weighted by molar-refractivity contribution is -0.139. The molecule has 1 aliphatic heterocycles. The Morgan fingerprint density at radius 3 is 2.65 bits per heavy atom. The number of urea groups is 1. The lowest BCUT2D eigenvalue weighted by atomic mass is 10.1. The molecule has 0 bridgehead atoms. The maximum absolute atomic E-state index is 12.1. The number of rotatable bonds is 4. The van der Waals surface area contributed by atoms with Gasteiger partial charge in [0, 0.05) is 20.2 Å². The SMILES string of the molecule is COC1CCN(C(=O)N[C@@H](C(=O)O)c2ccccc2)C1. The molecule has 6 heteroatoms. The van der Waals surface area contributed by atoms with Crippen LogP contribution in [0.5, 0.6) is 0 Å². The Morgan fingerprint density at radius 2 is 2.10 bits per heavy atom. The summed E-state index contributed by atoms with van der Waals surface area (Å²) in [6.45, 7) is 1.06. The Bertz CT molecular complexity index is 477. The maximum atomic E-state index is 12.1. The Balaban J connectivity index is 2.02. The number of carboxylic acids is 1. The number of carbonyl (C=O) groups is 2. The van der Waals surface area contributed by atoms with Crippen molar-refractivity contribution in [1.82, 2.24) is 10.2 Å². The molecule has 2 rings (SSSR count). The van der Waals surface area contributed by atoms with Crippen LogP contribution in [0.3, 0.4) is 0 Å². The van der Waals surface area contributed by atoms with E-state index < -0.39 is 12.0 Å².